The average molecular weight is 332 g/mol. The lowest BCUT2D eigenvalue weighted by atomic mass is 10.2. The van der Waals surface area contributed by atoms with Gasteiger partial charge in [-0.2, -0.15) is 0 Å². The number of ether oxygens (including phenoxy) is 1. The molecule has 1 aromatic heterocycles. The van der Waals surface area contributed by atoms with Crippen molar-refractivity contribution in [2.45, 2.75) is 19.6 Å². The average Bonchev–Trinajstić information content (AvgIpc) is 3.05. The van der Waals surface area contributed by atoms with Gasteiger partial charge in [0.1, 0.15) is 5.75 Å². The Bertz CT molecular complexity index is 634. The fourth-order valence-electron chi connectivity index (χ4n) is 2.86. The van der Waals surface area contributed by atoms with Crippen LogP contribution in [0, 0.1) is 0 Å². The van der Waals surface area contributed by atoms with E-state index < -0.39 is 0 Å². The van der Waals surface area contributed by atoms with Crippen molar-refractivity contribution in [3.63, 3.8) is 0 Å². The van der Waals surface area contributed by atoms with E-state index in [0.717, 1.165) is 44.0 Å². The summed E-state index contributed by atoms with van der Waals surface area (Å²) in [6.45, 7) is 6.99. The molecule has 1 N–H and O–H groups in total. The minimum Gasteiger partial charge on any atom is -0.497 e. The summed E-state index contributed by atoms with van der Waals surface area (Å²) in [5, 5.41) is 17.7. The van der Waals surface area contributed by atoms with Crippen LogP contribution >= 0.6 is 0 Å². The van der Waals surface area contributed by atoms with E-state index in [2.05, 4.69) is 20.0 Å². The van der Waals surface area contributed by atoms with E-state index in [0.29, 0.717) is 18.3 Å². The number of benzene rings is 1. The molecule has 1 aliphatic heterocycles. The first kappa shape index (κ1) is 16.9. The Balaban J connectivity index is 1.54. The first-order valence-corrected chi connectivity index (χ1v) is 8.23. The molecule has 3 rings (SSSR count). The van der Waals surface area contributed by atoms with Gasteiger partial charge in [-0.25, -0.2) is 0 Å². The van der Waals surface area contributed by atoms with Gasteiger partial charge in [0.2, 0.25) is 11.8 Å². The number of aliphatic hydroxyl groups is 1. The molecule has 0 radical (unpaired) electrons. The third kappa shape index (κ3) is 4.31. The molecule has 1 saturated heterocycles. The predicted octanol–water partition coefficient (Wildman–Crippen LogP) is 1.24. The lowest BCUT2D eigenvalue weighted by Gasteiger charge is -2.34. The lowest BCUT2D eigenvalue weighted by Crippen LogP contribution is -2.47. The Kier molecular flexibility index (Phi) is 5.44. The van der Waals surface area contributed by atoms with Crippen molar-refractivity contribution in [1.82, 2.24) is 20.0 Å². The highest BCUT2D eigenvalue weighted by Crippen LogP contribution is 2.21. The Morgan fingerprint density at radius 3 is 2.42 bits per heavy atom. The van der Waals surface area contributed by atoms with Crippen molar-refractivity contribution in [1.29, 1.82) is 0 Å². The van der Waals surface area contributed by atoms with Gasteiger partial charge in [0.25, 0.3) is 0 Å². The maximum absolute atomic E-state index is 9.45. The van der Waals surface area contributed by atoms with Crippen molar-refractivity contribution >= 4 is 0 Å². The number of nitrogens with zero attached hydrogens (tertiary/aromatic N) is 4. The maximum Gasteiger partial charge on any atom is 0.247 e. The van der Waals surface area contributed by atoms with Gasteiger partial charge in [-0.1, -0.05) is 0 Å². The molecule has 2 aromatic rings. The predicted molar refractivity (Wildman–Crippen MR) is 89.7 cm³/mol. The molecule has 0 saturated carbocycles. The standard InChI is InChI=1S/C17H24N4O3/c1-13(22)11-20-7-9-21(10-8-20)12-16-18-19-17(24-16)14-3-5-15(23-2)6-4-14/h3-6,13,22H,7-12H2,1-2H3/t13-/m0/s1. The van der Waals surface area contributed by atoms with Crippen LogP contribution in [0.4, 0.5) is 0 Å². The van der Waals surface area contributed by atoms with Crippen molar-refractivity contribution in [3.8, 4) is 17.2 Å². The summed E-state index contributed by atoms with van der Waals surface area (Å²) in [4.78, 5) is 4.57. The van der Waals surface area contributed by atoms with Gasteiger partial charge in [-0.3, -0.25) is 9.80 Å². The number of hydrogen-bond donors (Lipinski definition) is 1. The second kappa shape index (κ2) is 7.74. The summed E-state index contributed by atoms with van der Waals surface area (Å²) in [6.07, 6.45) is -0.278. The maximum atomic E-state index is 9.45. The van der Waals surface area contributed by atoms with Gasteiger partial charge in [-0.05, 0) is 31.2 Å². The normalized spacial score (nSPS) is 17.8. The van der Waals surface area contributed by atoms with E-state index in [4.69, 9.17) is 9.15 Å². The minimum absolute atomic E-state index is 0.278. The topological polar surface area (TPSA) is 74.9 Å². The summed E-state index contributed by atoms with van der Waals surface area (Å²) >= 11 is 0. The van der Waals surface area contributed by atoms with Crippen LogP contribution in [0.3, 0.4) is 0 Å². The highest BCUT2D eigenvalue weighted by atomic mass is 16.5. The van der Waals surface area contributed by atoms with E-state index in [1.54, 1.807) is 7.11 Å². The van der Waals surface area contributed by atoms with E-state index in [1.165, 1.54) is 0 Å². The van der Waals surface area contributed by atoms with Crippen LogP contribution in [-0.2, 0) is 6.54 Å². The third-order valence-corrected chi connectivity index (χ3v) is 4.15. The quantitative estimate of drug-likeness (QED) is 0.853. The monoisotopic (exact) mass is 332 g/mol. The smallest absolute Gasteiger partial charge is 0.247 e. The van der Waals surface area contributed by atoms with Crippen LogP contribution in [0.25, 0.3) is 11.5 Å². The Labute approximate surface area is 141 Å². The zero-order valence-electron chi connectivity index (χ0n) is 14.2. The molecule has 24 heavy (non-hydrogen) atoms. The molecule has 0 spiro atoms. The minimum atomic E-state index is -0.278. The molecule has 130 valence electrons. The van der Waals surface area contributed by atoms with Gasteiger partial charge in [0.15, 0.2) is 0 Å². The molecule has 1 fully saturated rings. The summed E-state index contributed by atoms with van der Waals surface area (Å²) in [5.74, 6) is 1.96. The molecule has 0 amide bonds. The number of rotatable bonds is 6. The molecule has 2 heterocycles. The summed E-state index contributed by atoms with van der Waals surface area (Å²) in [5.41, 5.74) is 0.885. The SMILES string of the molecule is COc1ccc(-c2nnc(CN3CCN(C[C@H](C)O)CC3)o2)cc1. The lowest BCUT2D eigenvalue weighted by molar-refractivity contribution is 0.0747. The molecule has 7 heteroatoms. The van der Waals surface area contributed by atoms with Crippen LogP contribution in [0.2, 0.25) is 0 Å². The van der Waals surface area contributed by atoms with Gasteiger partial charge in [-0.15, -0.1) is 10.2 Å². The summed E-state index contributed by atoms with van der Waals surface area (Å²) < 4.78 is 10.9. The molecular formula is C17H24N4O3. The van der Waals surface area contributed by atoms with Gasteiger partial charge < -0.3 is 14.3 Å². The van der Waals surface area contributed by atoms with Gasteiger partial charge in [0, 0.05) is 38.3 Å². The van der Waals surface area contributed by atoms with E-state index in [1.807, 2.05) is 31.2 Å². The Morgan fingerprint density at radius 1 is 1.12 bits per heavy atom. The molecule has 0 aliphatic carbocycles. The zero-order valence-corrected chi connectivity index (χ0v) is 14.2. The van der Waals surface area contributed by atoms with E-state index in [-0.39, 0.29) is 6.10 Å². The molecular weight excluding hydrogens is 308 g/mol. The molecule has 0 bridgehead atoms. The summed E-state index contributed by atoms with van der Waals surface area (Å²) in [6, 6.07) is 7.57. The van der Waals surface area contributed by atoms with Crippen molar-refractivity contribution in [3.05, 3.63) is 30.2 Å². The van der Waals surface area contributed by atoms with Crippen molar-refractivity contribution in [2.24, 2.45) is 0 Å². The highest BCUT2D eigenvalue weighted by Gasteiger charge is 2.20. The zero-order chi connectivity index (χ0) is 16.9. The highest BCUT2D eigenvalue weighted by molar-refractivity contribution is 5.53. The first-order chi connectivity index (χ1) is 11.6. The first-order valence-electron chi connectivity index (χ1n) is 8.23. The third-order valence-electron chi connectivity index (χ3n) is 4.15. The van der Waals surface area contributed by atoms with Crippen LogP contribution in [-0.4, -0.2) is 71.0 Å². The van der Waals surface area contributed by atoms with Crippen LogP contribution in [0.1, 0.15) is 12.8 Å². The van der Waals surface area contributed by atoms with Crippen LogP contribution < -0.4 is 4.74 Å². The van der Waals surface area contributed by atoms with Gasteiger partial charge in [0.05, 0.1) is 19.8 Å². The second-order valence-electron chi connectivity index (χ2n) is 6.16. The molecule has 0 unspecified atom stereocenters. The second-order valence-corrected chi connectivity index (χ2v) is 6.16. The fraction of sp³-hybridized carbons (Fsp3) is 0.529. The van der Waals surface area contributed by atoms with Gasteiger partial charge >= 0.3 is 0 Å². The van der Waals surface area contributed by atoms with E-state index >= 15 is 0 Å². The number of aromatic nitrogens is 2. The molecule has 7 nitrogen and oxygen atoms in total. The number of aliphatic hydroxyl groups excluding tert-OH is 1. The molecule has 1 atom stereocenters. The molecule has 1 aromatic carbocycles. The Hall–Kier alpha value is -1.96. The van der Waals surface area contributed by atoms with E-state index in [9.17, 15) is 5.11 Å². The largest absolute Gasteiger partial charge is 0.497 e. The number of hydrogen-bond acceptors (Lipinski definition) is 7. The molecule has 1 aliphatic rings. The number of piperazine rings is 1. The van der Waals surface area contributed by atoms with Crippen molar-refractivity contribution < 1.29 is 14.3 Å². The number of methoxy groups -OCH3 is 1. The fourth-order valence-corrected chi connectivity index (χ4v) is 2.86. The summed E-state index contributed by atoms with van der Waals surface area (Å²) in [7, 11) is 1.64. The number of β-amino-alcohol motifs (C(OH)–C–C–N with tert-alkyl or cyclic N) is 1. The van der Waals surface area contributed by atoms with Crippen molar-refractivity contribution in [2.75, 3.05) is 39.8 Å². The van der Waals surface area contributed by atoms with Crippen LogP contribution in [0.5, 0.6) is 5.75 Å². The van der Waals surface area contributed by atoms with Crippen LogP contribution in [0.15, 0.2) is 28.7 Å². The Morgan fingerprint density at radius 2 is 1.79 bits per heavy atom.